The summed E-state index contributed by atoms with van der Waals surface area (Å²) in [5.74, 6) is 1.08. The first-order valence-corrected chi connectivity index (χ1v) is 9.91. The molecular formula is C23H23N3O6. The van der Waals surface area contributed by atoms with Crippen LogP contribution in [0, 0.1) is 10.1 Å². The molecule has 0 aliphatic carbocycles. The number of nitrogens with zero attached hydrogens (tertiary/aromatic N) is 2. The van der Waals surface area contributed by atoms with Crippen LogP contribution < -0.4 is 10.1 Å². The largest absolute Gasteiger partial charge is 0.511 e. The van der Waals surface area contributed by atoms with Crippen molar-refractivity contribution in [1.29, 1.82) is 0 Å². The summed E-state index contributed by atoms with van der Waals surface area (Å²) >= 11 is 0. The van der Waals surface area contributed by atoms with Crippen molar-refractivity contribution in [3.8, 4) is 5.75 Å². The number of hydrogen-bond donors (Lipinski definition) is 1. The average molecular weight is 437 g/mol. The van der Waals surface area contributed by atoms with Gasteiger partial charge in [0.25, 0.3) is 5.69 Å². The molecule has 1 atom stereocenters. The summed E-state index contributed by atoms with van der Waals surface area (Å²) in [4.78, 5) is 26.5. The topological polar surface area (TPSA) is 113 Å². The molecule has 2 aromatic carbocycles. The van der Waals surface area contributed by atoms with Crippen LogP contribution in [0.25, 0.3) is 0 Å². The summed E-state index contributed by atoms with van der Waals surface area (Å²) in [5, 5.41) is 14.4. The highest BCUT2D eigenvalue weighted by Crippen LogP contribution is 2.33. The van der Waals surface area contributed by atoms with Crippen molar-refractivity contribution >= 4 is 17.7 Å². The second-order valence-corrected chi connectivity index (χ2v) is 7.00. The maximum Gasteiger partial charge on any atom is 0.511 e. The summed E-state index contributed by atoms with van der Waals surface area (Å²) in [6.45, 7) is 3.10. The quantitative estimate of drug-likeness (QED) is 0.213. The van der Waals surface area contributed by atoms with Crippen molar-refractivity contribution in [2.75, 3.05) is 12.1 Å². The third-order valence-electron chi connectivity index (χ3n) is 4.35. The zero-order valence-electron chi connectivity index (χ0n) is 17.6. The fourth-order valence-electron chi connectivity index (χ4n) is 2.94. The van der Waals surface area contributed by atoms with Crippen LogP contribution in [0.3, 0.4) is 0 Å². The van der Waals surface area contributed by atoms with E-state index in [1.165, 1.54) is 12.1 Å². The number of benzene rings is 2. The van der Waals surface area contributed by atoms with Crippen LogP contribution in [0.5, 0.6) is 5.75 Å². The number of ether oxygens (including phenoxy) is 3. The monoisotopic (exact) mass is 437 g/mol. The van der Waals surface area contributed by atoms with Crippen molar-refractivity contribution in [3.63, 3.8) is 0 Å². The molecule has 1 N–H and O–H groups in total. The second kappa shape index (κ2) is 10.8. The van der Waals surface area contributed by atoms with E-state index in [4.69, 9.17) is 14.2 Å². The summed E-state index contributed by atoms with van der Waals surface area (Å²) in [6, 6.07) is 18.5. The molecule has 3 rings (SSSR count). The Morgan fingerprint density at radius 3 is 2.44 bits per heavy atom. The van der Waals surface area contributed by atoms with Crippen LogP contribution in [0.1, 0.15) is 31.0 Å². The number of nitrogens with one attached hydrogen (secondary N) is 1. The van der Waals surface area contributed by atoms with Gasteiger partial charge in [-0.3, -0.25) is 10.1 Å². The number of anilines is 1. The van der Waals surface area contributed by atoms with Gasteiger partial charge in [-0.1, -0.05) is 24.3 Å². The molecule has 0 saturated carbocycles. The van der Waals surface area contributed by atoms with Crippen molar-refractivity contribution in [1.82, 2.24) is 4.98 Å². The standard InChI is InChI=1S/C23H23N3O6/c1-16(2)32-23(27)31-15-30-20-8-4-3-7-19(20)22(25-21-9-5-6-14-24-21)17-10-12-18(13-11-17)26(28)29/h3-14,16,22H,15H2,1-2H3,(H,24,25). The van der Waals surface area contributed by atoms with Crippen molar-refractivity contribution in [2.45, 2.75) is 26.0 Å². The van der Waals surface area contributed by atoms with Gasteiger partial charge in [0.05, 0.1) is 17.1 Å². The van der Waals surface area contributed by atoms with E-state index >= 15 is 0 Å². The van der Waals surface area contributed by atoms with Gasteiger partial charge in [-0.05, 0) is 49.7 Å². The molecule has 0 aliphatic heterocycles. The van der Waals surface area contributed by atoms with Crippen LogP contribution in [-0.2, 0) is 9.47 Å². The van der Waals surface area contributed by atoms with E-state index in [-0.39, 0.29) is 18.6 Å². The predicted molar refractivity (Wildman–Crippen MR) is 117 cm³/mol. The molecule has 0 saturated heterocycles. The Kier molecular flexibility index (Phi) is 7.58. The van der Waals surface area contributed by atoms with Gasteiger partial charge in [0.15, 0.2) is 0 Å². The van der Waals surface area contributed by atoms with Crippen LogP contribution in [0.4, 0.5) is 16.3 Å². The highest BCUT2D eigenvalue weighted by molar-refractivity contribution is 5.60. The second-order valence-electron chi connectivity index (χ2n) is 7.00. The molecule has 9 nitrogen and oxygen atoms in total. The lowest BCUT2D eigenvalue weighted by Crippen LogP contribution is -2.18. The molecule has 0 bridgehead atoms. The van der Waals surface area contributed by atoms with Crippen molar-refractivity contribution < 1.29 is 23.9 Å². The fraction of sp³-hybridized carbons (Fsp3) is 0.217. The maximum absolute atomic E-state index is 11.6. The number of nitro benzene ring substituents is 1. The molecule has 0 fully saturated rings. The van der Waals surface area contributed by atoms with E-state index in [2.05, 4.69) is 10.3 Å². The predicted octanol–water partition coefficient (Wildman–Crippen LogP) is 5.09. The highest BCUT2D eigenvalue weighted by atomic mass is 16.8. The summed E-state index contributed by atoms with van der Waals surface area (Å²) in [7, 11) is 0. The average Bonchev–Trinajstić information content (AvgIpc) is 2.78. The van der Waals surface area contributed by atoms with Gasteiger partial charge in [0.1, 0.15) is 11.6 Å². The summed E-state index contributed by atoms with van der Waals surface area (Å²) in [5.41, 5.74) is 1.48. The van der Waals surface area contributed by atoms with Gasteiger partial charge in [0.2, 0.25) is 6.79 Å². The zero-order chi connectivity index (χ0) is 22.9. The Hall–Kier alpha value is -4.14. The van der Waals surface area contributed by atoms with Gasteiger partial charge in [-0.15, -0.1) is 0 Å². The molecule has 1 unspecified atom stereocenters. The molecule has 1 aromatic heterocycles. The lowest BCUT2D eigenvalue weighted by Gasteiger charge is -2.23. The van der Waals surface area contributed by atoms with Crippen molar-refractivity contribution in [2.24, 2.45) is 0 Å². The van der Waals surface area contributed by atoms with Gasteiger partial charge in [-0.25, -0.2) is 9.78 Å². The molecule has 3 aromatic rings. The number of non-ortho nitro benzene ring substituents is 1. The molecular weight excluding hydrogens is 414 g/mol. The molecule has 0 spiro atoms. The van der Waals surface area contributed by atoms with Gasteiger partial charge >= 0.3 is 6.16 Å². The van der Waals surface area contributed by atoms with E-state index in [1.807, 2.05) is 24.3 Å². The number of pyridine rings is 1. The normalized spacial score (nSPS) is 11.5. The zero-order valence-corrected chi connectivity index (χ0v) is 17.6. The van der Waals surface area contributed by atoms with Crippen molar-refractivity contribution in [3.05, 3.63) is 94.2 Å². The van der Waals surface area contributed by atoms with Crippen LogP contribution in [0.15, 0.2) is 72.9 Å². The van der Waals surface area contributed by atoms with Crippen LogP contribution in [-0.4, -0.2) is 29.0 Å². The van der Waals surface area contributed by atoms with E-state index < -0.39 is 17.1 Å². The van der Waals surface area contributed by atoms with Crippen LogP contribution in [0.2, 0.25) is 0 Å². The minimum Gasteiger partial charge on any atom is -0.457 e. The number of rotatable bonds is 9. The third-order valence-corrected chi connectivity index (χ3v) is 4.35. The summed E-state index contributed by atoms with van der Waals surface area (Å²) < 4.78 is 15.6. The van der Waals surface area contributed by atoms with Gasteiger partial charge in [0, 0.05) is 23.9 Å². The SMILES string of the molecule is CC(C)OC(=O)OCOc1ccccc1C(Nc1ccccn1)c1ccc([N+](=O)[O-])cc1. The lowest BCUT2D eigenvalue weighted by atomic mass is 9.97. The Bertz CT molecular complexity index is 1040. The number of para-hydroxylation sites is 1. The molecule has 166 valence electrons. The Labute approximate surface area is 185 Å². The number of aromatic nitrogens is 1. The maximum atomic E-state index is 11.6. The first-order chi connectivity index (χ1) is 15.4. The first kappa shape index (κ1) is 22.5. The molecule has 1 heterocycles. The lowest BCUT2D eigenvalue weighted by molar-refractivity contribution is -0.384. The number of carbonyl (C=O) groups is 1. The minimum atomic E-state index is -0.823. The fourth-order valence-corrected chi connectivity index (χ4v) is 2.94. The first-order valence-electron chi connectivity index (χ1n) is 9.91. The Morgan fingerprint density at radius 1 is 1.06 bits per heavy atom. The van der Waals surface area contributed by atoms with E-state index in [0.29, 0.717) is 11.6 Å². The Balaban J connectivity index is 1.87. The van der Waals surface area contributed by atoms with E-state index in [0.717, 1.165) is 11.1 Å². The van der Waals surface area contributed by atoms with Gasteiger partial charge in [-0.2, -0.15) is 0 Å². The third kappa shape index (κ3) is 6.18. The highest BCUT2D eigenvalue weighted by Gasteiger charge is 2.20. The number of nitro groups is 1. The summed E-state index contributed by atoms with van der Waals surface area (Å²) in [6.07, 6.45) is 0.533. The number of hydrogen-bond acceptors (Lipinski definition) is 8. The number of carbonyl (C=O) groups excluding carboxylic acids is 1. The molecule has 32 heavy (non-hydrogen) atoms. The molecule has 0 aliphatic rings. The van der Waals surface area contributed by atoms with E-state index in [9.17, 15) is 14.9 Å². The van der Waals surface area contributed by atoms with Crippen LogP contribution >= 0.6 is 0 Å². The molecule has 0 radical (unpaired) electrons. The van der Waals surface area contributed by atoms with E-state index in [1.54, 1.807) is 50.4 Å². The molecule has 0 amide bonds. The Morgan fingerprint density at radius 2 is 1.78 bits per heavy atom. The van der Waals surface area contributed by atoms with Gasteiger partial charge < -0.3 is 19.5 Å². The minimum absolute atomic E-state index is 0.00747. The molecule has 9 heteroatoms. The smallest absolute Gasteiger partial charge is 0.457 e.